The summed E-state index contributed by atoms with van der Waals surface area (Å²) in [5, 5.41) is 5.36. The van der Waals surface area contributed by atoms with Gasteiger partial charge in [-0.05, 0) is 55.7 Å². The van der Waals surface area contributed by atoms with E-state index < -0.39 is 10.0 Å². The van der Waals surface area contributed by atoms with E-state index >= 15 is 0 Å². The molecular formula is C13H16ClNO3S. The molecule has 0 heterocycles. The van der Waals surface area contributed by atoms with E-state index in [4.69, 9.17) is 21.5 Å². The minimum Gasteiger partial charge on any atom is -0.489 e. The van der Waals surface area contributed by atoms with Gasteiger partial charge in [0.2, 0.25) is 10.0 Å². The maximum atomic E-state index is 11.2. The molecule has 6 heteroatoms. The van der Waals surface area contributed by atoms with E-state index in [1.165, 1.54) is 31.4 Å². The number of halogens is 1. The Balaban J connectivity index is 1.79. The molecule has 2 saturated carbocycles. The molecule has 2 N–H and O–H groups in total. The van der Waals surface area contributed by atoms with Crippen molar-refractivity contribution in [2.75, 3.05) is 0 Å². The molecule has 3 atom stereocenters. The van der Waals surface area contributed by atoms with Crippen LogP contribution in [0.25, 0.3) is 0 Å². The van der Waals surface area contributed by atoms with Crippen LogP contribution < -0.4 is 9.88 Å². The van der Waals surface area contributed by atoms with E-state index in [0.29, 0.717) is 16.7 Å². The second-order valence-corrected chi connectivity index (χ2v) is 7.44. The Bertz CT molecular complexity index is 602. The van der Waals surface area contributed by atoms with Crippen molar-refractivity contribution < 1.29 is 13.2 Å². The predicted molar refractivity (Wildman–Crippen MR) is 72.7 cm³/mol. The molecule has 0 spiro atoms. The van der Waals surface area contributed by atoms with Gasteiger partial charge in [-0.2, -0.15) is 0 Å². The van der Waals surface area contributed by atoms with Gasteiger partial charge < -0.3 is 4.74 Å². The molecule has 2 bridgehead atoms. The van der Waals surface area contributed by atoms with E-state index in [2.05, 4.69) is 0 Å². The monoisotopic (exact) mass is 301 g/mol. The minimum absolute atomic E-state index is 0.0118. The number of fused-ring (bicyclic) bond motifs is 2. The number of nitrogens with two attached hydrogens (primary N) is 1. The maximum absolute atomic E-state index is 11.2. The quantitative estimate of drug-likeness (QED) is 0.933. The highest BCUT2D eigenvalue weighted by atomic mass is 35.5. The Morgan fingerprint density at radius 2 is 2.05 bits per heavy atom. The summed E-state index contributed by atoms with van der Waals surface area (Å²) in [6.07, 6.45) is 5.08. The smallest absolute Gasteiger partial charge is 0.238 e. The van der Waals surface area contributed by atoms with Crippen LogP contribution in [0.5, 0.6) is 5.75 Å². The summed E-state index contributed by atoms with van der Waals surface area (Å²) >= 11 is 6.07. The van der Waals surface area contributed by atoms with Crippen LogP contribution in [0, 0.1) is 11.8 Å². The van der Waals surface area contributed by atoms with E-state index in [9.17, 15) is 8.42 Å². The van der Waals surface area contributed by atoms with Gasteiger partial charge in [-0.3, -0.25) is 0 Å². The van der Waals surface area contributed by atoms with Crippen LogP contribution in [-0.4, -0.2) is 14.5 Å². The van der Waals surface area contributed by atoms with Gasteiger partial charge in [-0.15, -0.1) is 0 Å². The normalized spacial score (nSPS) is 29.7. The van der Waals surface area contributed by atoms with E-state index in [0.717, 1.165) is 12.3 Å². The molecule has 2 fully saturated rings. The largest absolute Gasteiger partial charge is 0.489 e. The lowest BCUT2D eigenvalue weighted by Crippen LogP contribution is -2.23. The van der Waals surface area contributed by atoms with Crippen LogP contribution in [0.4, 0.5) is 0 Å². The molecular weight excluding hydrogens is 286 g/mol. The van der Waals surface area contributed by atoms with Crippen molar-refractivity contribution in [3.63, 3.8) is 0 Å². The Hall–Kier alpha value is -0.780. The van der Waals surface area contributed by atoms with Crippen molar-refractivity contribution in [2.45, 2.75) is 36.7 Å². The zero-order valence-corrected chi connectivity index (χ0v) is 12.0. The summed E-state index contributed by atoms with van der Waals surface area (Å²) in [6, 6.07) is 4.37. The van der Waals surface area contributed by atoms with Crippen LogP contribution in [0.3, 0.4) is 0 Å². The molecule has 104 valence electrons. The number of benzene rings is 1. The number of ether oxygens (including phenoxy) is 1. The van der Waals surface area contributed by atoms with E-state index in [-0.39, 0.29) is 11.0 Å². The molecule has 3 unspecified atom stereocenters. The Labute approximate surface area is 117 Å². The lowest BCUT2D eigenvalue weighted by Gasteiger charge is -2.23. The van der Waals surface area contributed by atoms with Crippen LogP contribution in [-0.2, 0) is 10.0 Å². The van der Waals surface area contributed by atoms with Crippen molar-refractivity contribution in [3.8, 4) is 5.75 Å². The lowest BCUT2D eigenvalue weighted by atomic mass is 9.98. The molecule has 4 nitrogen and oxygen atoms in total. The van der Waals surface area contributed by atoms with Gasteiger partial charge in [0.05, 0.1) is 9.92 Å². The van der Waals surface area contributed by atoms with Crippen LogP contribution in [0.2, 0.25) is 5.02 Å². The van der Waals surface area contributed by atoms with Gasteiger partial charge in [-0.25, -0.2) is 13.6 Å². The summed E-state index contributed by atoms with van der Waals surface area (Å²) in [5.74, 6) is 1.96. The second kappa shape index (κ2) is 4.65. The zero-order chi connectivity index (χ0) is 13.6. The number of hydrogen-bond donors (Lipinski definition) is 1. The Morgan fingerprint density at radius 3 is 2.58 bits per heavy atom. The fraction of sp³-hybridized carbons (Fsp3) is 0.538. The van der Waals surface area contributed by atoms with E-state index in [1.807, 2.05) is 0 Å². The summed E-state index contributed by atoms with van der Waals surface area (Å²) in [6.45, 7) is 0. The highest BCUT2D eigenvalue weighted by Gasteiger charge is 2.41. The fourth-order valence-corrected chi connectivity index (χ4v) is 4.08. The molecule has 0 radical (unpaired) electrons. The maximum Gasteiger partial charge on any atom is 0.238 e. The molecule has 3 rings (SSSR count). The van der Waals surface area contributed by atoms with Crippen molar-refractivity contribution in [1.82, 2.24) is 0 Å². The molecule has 19 heavy (non-hydrogen) atoms. The van der Waals surface area contributed by atoms with Gasteiger partial charge in [0.25, 0.3) is 0 Å². The molecule has 0 aliphatic heterocycles. The summed E-state index contributed by atoms with van der Waals surface area (Å²) < 4.78 is 28.4. The molecule has 0 amide bonds. The highest BCUT2D eigenvalue weighted by molar-refractivity contribution is 7.89. The first-order valence-electron chi connectivity index (χ1n) is 6.42. The first-order chi connectivity index (χ1) is 8.93. The molecule has 2 aliphatic rings. The summed E-state index contributed by atoms with van der Waals surface area (Å²) in [4.78, 5) is 0.0118. The van der Waals surface area contributed by atoms with Crippen molar-refractivity contribution in [2.24, 2.45) is 17.0 Å². The van der Waals surface area contributed by atoms with E-state index in [1.54, 1.807) is 6.07 Å². The standard InChI is InChI=1S/C13H16ClNO3S/c14-11-7-10(19(15,16)17)3-4-12(11)18-13-6-8-1-2-9(13)5-8/h3-4,7-9,13H,1-2,5-6H2,(H2,15,16,17). The molecule has 0 aromatic heterocycles. The van der Waals surface area contributed by atoms with Crippen LogP contribution in [0.1, 0.15) is 25.7 Å². The number of hydrogen-bond acceptors (Lipinski definition) is 3. The van der Waals surface area contributed by atoms with Crippen LogP contribution >= 0.6 is 11.6 Å². The van der Waals surface area contributed by atoms with Gasteiger partial charge in [0, 0.05) is 0 Å². The van der Waals surface area contributed by atoms with Gasteiger partial charge in [0.15, 0.2) is 0 Å². The zero-order valence-electron chi connectivity index (χ0n) is 10.4. The number of sulfonamides is 1. The van der Waals surface area contributed by atoms with Crippen LogP contribution in [0.15, 0.2) is 23.1 Å². The first-order valence-corrected chi connectivity index (χ1v) is 8.35. The van der Waals surface area contributed by atoms with Crippen molar-refractivity contribution >= 4 is 21.6 Å². The first kappa shape index (κ1) is 13.2. The predicted octanol–water partition coefficient (Wildman–Crippen LogP) is 2.55. The topological polar surface area (TPSA) is 69.4 Å². The molecule has 1 aromatic carbocycles. The molecule has 0 saturated heterocycles. The second-order valence-electron chi connectivity index (χ2n) is 5.47. The third-order valence-electron chi connectivity index (χ3n) is 4.18. The summed E-state index contributed by atoms with van der Waals surface area (Å²) in [5.41, 5.74) is 0. The van der Waals surface area contributed by atoms with Gasteiger partial charge in [0.1, 0.15) is 11.9 Å². The fourth-order valence-electron chi connectivity index (χ4n) is 3.25. The van der Waals surface area contributed by atoms with Gasteiger partial charge >= 0.3 is 0 Å². The Morgan fingerprint density at radius 1 is 1.26 bits per heavy atom. The number of rotatable bonds is 3. The summed E-state index contributed by atoms with van der Waals surface area (Å²) in [7, 11) is -3.72. The average Bonchev–Trinajstić information content (AvgIpc) is 2.92. The molecule has 2 aliphatic carbocycles. The number of primary sulfonamides is 1. The third kappa shape index (κ3) is 2.59. The molecule has 1 aromatic rings. The van der Waals surface area contributed by atoms with Gasteiger partial charge in [-0.1, -0.05) is 11.6 Å². The minimum atomic E-state index is -3.72. The Kier molecular flexibility index (Phi) is 3.23. The average molecular weight is 302 g/mol. The van der Waals surface area contributed by atoms with Crippen molar-refractivity contribution in [3.05, 3.63) is 23.2 Å². The highest BCUT2D eigenvalue weighted by Crippen LogP contribution is 2.46. The van der Waals surface area contributed by atoms with Crippen molar-refractivity contribution in [1.29, 1.82) is 0 Å². The lowest BCUT2D eigenvalue weighted by molar-refractivity contribution is 0.138. The SMILES string of the molecule is NS(=O)(=O)c1ccc(OC2CC3CCC2C3)c(Cl)c1. The third-order valence-corrected chi connectivity index (χ3v) is 5.39.